The lowest BCUT2D eigenvalue weighted by Crippen LogP contribution is -2.06. The molecule has 1 aromatic carbocycles. The number of aromatic nitrogens is 2. The van der Waals surface area contributed by atoms with Gasteiger partial charge < -0.3 is 9.67 Å². The average Bonchev–Trinajstić information content (AvgIpc) is 3.15. The molecule has 0 aliphatic rings. The zero-order valence-electron chi connectivity index (χ0n) is 14.3. The Bertz CT molecular complexity index is 843. The molecule has 8 heteroatoms. The van der Waals surface area contributed by atoms with Gasteiger partial charge in [-0.15, -0.1) is 12.4 Å². The fourth-order valence-corrected chi connectivity index (χ4v) is 5.11. The van der Waals surface area contributed by atoms with Gasteiger partial charge in [-0.25, -0.2) is 4.98 Å². The Morgan fingerprint density at radius 3 is 2.46 bits per heavy atom. The summed E-state index contributed by atoms with van der Waals surface area (Å²) in [6.45, 7) is 4.79. The molecule has 0 bridgehead atoms. The lowest BCUT2D eigenvalue weighted by atomic mass is 10.1. The van der Waals surface area contributed by atoms with Gasteiger partial charge in [-0.2, -0.15) is 11.3 Å². The fourth-order valence-electron chi connectivity index (χ4n) is 2.53. The number of hydrogen-bond donors (Lipinski definition) is 1. The molecule has 0 radical (unpaired) electrons. The second-order valence-corrected chi connectivity index (χ2v) is 8.67. The Labute approximate surface area is 177 Å². The van der Waals surface area contributed by atoms with Crippen LogP contribution in [0.15, 0.2) is 44.9 Å². The van der Waals surface area contributed by atoms with Crippen molar-refractivity contribution in [3.8, 4) is 0 Å². The number of rotatable bonds is 6. The highest BCUT2D eigenvalue weighted by atomic mass is 35.5. The summed E-state index contributed by atoms with van der Waals surface area (Å²) in [7, 11) is 0. The Morgan fingerprint density at radius 2 is 1.92 bits per heavy atom. The molecule has 0 spiro atoms. The van der Waals surface area contributed by atoms with Gasteiger partial charge in [0.05, 0.1) is 12.2 Å². The van der Waals surface area contributed by atoms with Gasteiger partial charge in [0, 0.05) is 14.9 Å². The van der Waals surface area contributed by atoms with E-state index in [-0.39, 0.29) is 24.9 Å². The van der Waals surface area contributed by atoms with E-state index >= 15 is 0 Å². The molecule has 1 N–H and O–H groups in total. The standard InChI is InChI=1S/C18H18Cl2N2OS2.ClH/c1-11(2)17-18(25-15-6-13(19)5-14(20)7-15)22(16(9-23)21-17)8-12-3-4-24-10-12;/h3-7,10-11,23H,8-9H2,1-2H3;1H. The summed E-state index contributed by atoms with van der Waals surface area (Å²) in [5.41, 5.74) is 2.17. The van der Waals surface area contributed by atoms with Crippen LogP contribution in [-0.4, -0.2) is 14.7 Å². The van der Waals surface area contributed by atoms with Crippen molar-refractivity contribution in [3.63, 3.8) is 0 Å². The highest BCUT2D eigenvalue weighted by molar-refractivity contribution is 7.99. The largest absolute Gasteiger partial charge is 0.388 e. The number of imidazole rings is 1. The van der Waals surface area contributed by atoms with E-state index in [1.807, 2.05) is 12.1 Å². The van der Waals surface area contributed by atoms with Crippen molar-refractivity contribution < 1.29 is 5.11 Å². The molecule has 3 aromatic rings. The number of aliphatic hydroxyl groups is 1. The van der Waals surface area contributed by atoms with E-state index in [0.717, 1.165) is 15.6 Å². The molecule has 0 saturated heterocycles. The van der Waals surface area contributed by atoms with Crippen molar-refractivity contribution in [1.82, 2.24) is 9.55 Å². The fraction of sp³-hybridized carbons (Fsp3) is 0.278. The van der Waals surface area contributed by atoms with Gasteiger partial charge in [-0.3, -0.25) is 0 Å². The van der Waals surface area contributed by atoms with Crippen molar-refractivity contribution in [1.29, 1.82) is 0 Å². The summed E-state index contributed by atoms with van der Waals surface area (Å²) in [5.74, 6) is 0.914. The van der Waals surface area contributed by atoms with Crippen LogP contribution >= 0.6 is 58.7 Å². The predicted octanol–water partition coefficient (Wildman–Crippen LogP) is 6.49. The molecule has 0 atom stereocenters. The van der Waals surface area contributed by atoms with Gasteiger partial charge in [0.2, 0.25) is 0 Å². The summed E-state index contributed by atoms with van der Waals surface area (Å²) in [4.78, 5) is 5.63. The number of halogens is 3. The zero-order valence-corrected chi connectivity index (χ0v) is 18.2. The van der Waals surface area contributed by atoms with Crippen molar-refractivity contribution in [2.75, 3.05) is 0 Å². The molecule has 26 heavy (non-hydrogen) atoms. The maximum Gasteiger partial charge on any atom is 0.136 e. The van der Waals surface area contributed by atoms with Crippen LogP contribution in [0.2, 0.25) is 10.0 Å². The van der Waals surface area contributed by atoms with Crippen LogP contribution in [0, 0.1) is 0 Å². The first-order valence-electron chi connectivity index (χ1n) is 7.83. The minimum Gasteiger partial charge on any atom is -0.388 e. The van der Waals surface area contributed by atoms with Gasteiger partial charge in [0.15, 0.2) is 0 Å². The van der Waals surface area contributed by atoms with E-state index in [9.17, 15) is 5.11 Å². The molecule has 0 fully saturated rings. The summed E-state index contributed by atoms with van der Waals surface area (Å²) >= 11 is 15.5. The quantitative estimate of drug-likeness (QED) is 0.467. The maximum atomic E-state index is 9.79. The minimum atomic E-state index is -0.0965. The first-order valence-corrected chi connectivity index (χ1v) is 10.3. The van der Waals surface area contributed by atoms with Crippen LogP contribution in [0.1, 0.15) is 36.8 Å². The molecule has 0 unspecified atom stereocenters. The first-order chi connectivity index (χ1) is 12.0. The lowest BCUT2D eigenvalue weighted by Gasteiger charge is -2.12. The Morgan fingerprint density at radius 1 is 1.23 bits per heavy atom. The Balaban J connectivity index is 0.00000243. The van der Waals surface area contributed by atoms with Crippen LogP contribution in [-0.2, 0) is 13.2 Å². The van der Waals surface area contributed by atoms with Gasteiger partial charge in [-0.1, -0.05) is 48.8 Å². The molecule has 2 aromatic heterocycles. The molecule has 0 amide bonds. The first kappa shape index (κ1) is 21.6. The summed E-state index contributed by atoms with van der Waals surface area (Å²) in [5, 5.41) is 16.2. The minimum absolute atomic E-state index is 0. The third-order valence-corrected chi connectivity index (χ3v) is 5.95. The second kappa shape index (κ2) is 9.49. The van der Waals surface area contributed by atoms with E-state index < -0.39 is 0 Å². The SMILES string of the molecule is CC(C)c1nc(CO)n(Cc2ccsc2)c1Sc1cc(Cl)cc(Cl)c1.Cl. The van der Waals surface area contributed by atoms with Gasteiger partial charge >= 0.3 is 0 Å². The number of thiophene rings is 1. The molecular formula is C18H19Cl3N2OS2. The number of benzene rings is 1. The molecule has 0 aliphatic heterocycles. The monoisotopic (exact) mass is 448 g/mol. The summed E-state index contributed by atoms with van der Waals surface area (Å²) in [6.07, 6.45) is 0. The zero-order chi connectivity index (χ0) is 18.0. The number of hydrogen-bond acceptors (Lipinski definition) is 4. The maximum absolute atomic E-state index is 9.79. The summed E-state index contributed by atoms with van der Waals surface area (Å²) < 4.78 is 2.08. The molecular weight excluding hydrogens is 431 g/mol. The van der Waals surface area contributed by atoms with Gasteiger partial charge in [-0.05, 0) is 46.5 Å². The van der Waals surface area contributed by atoms with Crippen LogP contribution in [0.3, 0.4) is 0 Å². The topological polar surface area (TPSA) is 38.1 Å². The van der Waals surface area contributed by atoms with E-state index in [4.69, 9.17) is 23.2 Å². The number of aliphatic hydroxyl groups excluding tert-OH is 1. The van der Waals surface area contributed by atoms with Crippen LogP contribution in [0.4, 0.5) is 0 Å². The highest BCUT2D eigenvalue weighted by Crippen LogP contribution is 2.37. The molecule has 3 rings (SSSR count). The van der Waals surface area contributed by atoms with Gasteiger partial charge in [0.25, 0.3) is 0 Å². The molecule has 0 saturated carbocycles. The highest BCUT2D eigenvalue weighted by Gasteiger charge is 2.20. The van der Waals surface area contributed by atoms with E-state index in [2.05, 4.69) is 40.2 Å². The van der Waals surface area contributed by atoms with Crippen LogP contribution in [0.5, 0.6) is 0 Å². The third-order valence-electron chi connectivity index (χ3n) is 3.69. The van der Waals surface area contributed by atoms with Gasteiger partial charge in [0.1, 0.15) is 17.5 Å². The second-order valence-electron chi connectivity index (χ2n) is 5.96. The smallest absolute Gasteiger partial charge is 0.136 e. The Kier molecular flexibility index (Phi) is 7.89. The van der Waals surface area contributed by atoms with Crippen LogP contribution < -0.4 is 0 Å². The summed E-state index contributed by atoms with van der Waals surface area (Å²) in [6, 6.07) is 7.59. The van der Waals surface area contributed by atoms with Crippen molar-refractivity contribution in [2.24, 2.45) is 0 Å². The van der Waals surface area contributed by atoms with Crippen LogP contribution in [0.25, 0.3) is 0 Å². The molecule has 140 valence electrons. The van der Waals surface area contributed by atoms with E-state index in [1.54, 1.807) is 29.2 Å². The van der Waals surface area contributed by atoms with E-state index in [0.29, 0.717) is 22.4 Å². The third kappa shape index (κ3) is 4.97. The molecule has 0 aliphatic carbocycles. The predicted molar refractivity (Wildman–Crippen MR) is 113 cm³/mol. The average molecular weight is 450 g/mol. The number of nitrogens with zero attached hydrogens (tertiary/aromatic N) is 2. The van der Waals surface area contributed by atoms with Crippen molar-refractivity contribution >= 4 is 58.7 Å². The van der Waals surface area contributed by atoms with Crippen molar-refractivity contribution in [3.05, 3.63) is 62.2 Å². The normalized spacial score (nSPS) is 11.0. The van der Waals surface area contributed by atoms with Crippen molar-refractivity contribution in [2.45, 2.75) is 42.8 Å². The molecule has 2 heterocycles. The Hall–Kier alpha value is -0.690. The van der Waals surface area contributed by atoms with E-state index in [1.165, 1.54) is 5.56 Å². The molecule has 3 nitrogen and oxygen atoms in total. The lowest BCUT2D eigenvalue weighted by molar-refractivity contribution is 0.265.